The first kappa shape index (κ1) is 13.0. The van der Waals surface area contributed by atoms with Crippen molar-refractivity contribution in [2.75, 3.05) is 31.6 Å². The van der Waals surface area contributed by atoms with Crippen LogP contribution in [-0.4, -0.2) is 26.7 Å². The van der Waals surface area contributed by atoms with Crippen molar-refractivity contribution >= 4 is 5.69 Å². The summed E-state index contributed by atoms with van der Waals surface area (Å²) in [5.41, 5.74) is 4.69. The van der Waals surface area contributed by atoms with Crippen LogP contribution in [0.3, 0.4) is 0 Å². The van der Waals surface area contributed by atoms with E-state index in [0.29, 0.717) is 0 Å². The Kier molecular flexibility index (Phi) is 4.07. The predicted octanol–water partition coefficient (Wildman–Crippen LogP) is 3.00. The summed E-state index contributed by atoms with van der Waals surface area (Å²) in [5.74, 6) is 0.948. The molecule has 0 saturated heterocycles. The van der Waals surface area contributed by atoms with E-state index in [1.54, 1.807) is 16.8 Å². The zero-order valence-corrected chi connectivity index (χ0v) is 12.1. The Balaban J connectivity index is 1.76. The molecule has 0 unspecified atom stereocenters. The van der Waals surface area contributed by atoms with Crippen molar-refractivity contribution in [3.8, 4) is 0 Å². The van der Waals surface area contributed by atoms with E-state index in [1.807, 2.05) is 7.05 Å². The summed E-state index contributed by atoms with van der Waals surface area (Å²) in [5, 5.41) is 3.28. The Morgan fingerprint density at radius 2 is 2.11 bits per heavy atom. The Morgan fingerprint density at radius 3 is 2.89 bits per heavy atom. The van der Waals surface area contributed by atoms with E-state index in [-0.39, 0.29) is 0 Å². The standard InChI is InChI=1S/C17H26N2/c1-18-11-9-15-7-4-8-16-10-12-19(17(15)16)13-14-5-2-3-6-14/h4,7-8,14,18H,2-3,5-6,9-13H2,1H3. The van der Waals surface area contributed by atoms with E-state index in [0.717, 1.165) is 18.9 Å². The van der Waals surface area contributed by atoms with Gasteiger partial charge in [-0.3, -0.25) is 0 Å². The highest BCUT2D eigenvalue weighted by molar-refractivity contribution is 5.63. The van der Waals surface area contributed by atoms with Crippen LogP contribution < -0.4 is 10.2 Å². The third-order valence-corrected chi connectivity index (χ3v) is 4.77. The molecule has 1 saturated carbocycles. The molecule has 19 heavy (non-hydrogen) atoms. The molecule has 1 aliphatic carbocycles. The van der Waals surface area contributed by atoms with Gasteiger partial charge in [0.1, 0.15) is 0 Å². The minimum absolute atomic E-state index is 0.948. The molecule has 0 amide bonds. The topological polar surface area (TPSA) is 15.3 Å². The maximum absolute atomic E-state index is 3.28. The Labute approximate surface area is 117 Å². The van der Waals surface area contributed by atoms with Crippen molar-refractivity contribution < 1.29 is 0 Å². The van der Waals surface area contributed by atoms with Crippen LogP contribution in [0.15, 0.2) is 18.2 Å². The number of rotatable bonds is 5. The van der Waals surface area contributed by atoms with Gasteiger partial charge in [-0.2, -0.15) is 0 Å². The molecule has 1 N–H and O–H groups in total. The molecule has 2 heteroatoms. The maximum Gasteiger partial charge on any atom is 0.0432 e. The van der Waals surface area contributed by atoms with Gasteiger partial charge in [0.2, 0.25) is 0 Å². The average molecular weight is 258 g/mol. The summed E-state index contributed by atoms with van der Waals surface area (Å²) in [4.78, 5) is 2.68. The summed E-state index contributed by atoms with van der Waals surface area (Å²) in [6.07, 6.45) is 8.20. The number of likely N-dealkylation sites (N-methyl/N-ethyl adjacent to an activating group) is 1. The monoisotopic (exact) mass is 258 g/mol. The summed E-state index contributed by atoms with van der Waals surface area (Å²) in [6.45, 7) is 3.61. The minimum Gasteiger partial charge on any atom is -0.370 e. The predicted molar refractivity (Wildman–Crippen MR) is 81.9 cm³/mol. The second-order valence-corrected chi connectivity index (χ2v) is 6.12. The molecule has 0 bridgehead atoms. The number of fused-ring (bicyclic) bond motifs is 1. The first-order chi connectivity index (χ1) is 9.38. The average Bonchev–Trinajstić information content (AvgIpc) is 3.07. The van der Waals surface area contributed by atoms with E-state index < -0.39 is 0 Å². The first-order valence-corrected chi connectivity index (χ1v) is 7.89. The second kappa shape index (κ2) is 5.96. The molecule has 104 valence electrons. The lowest BCUT2D eigenvalue weighted by Crippen LogP contribution is -2.27. The van der Waals surface area contributed by atoms with Crippen LogP contribution in [0, 0.1) is 5.92 Å². The highest BCUT2D eigenvalue weighted by Crippen LogP contribution is 2.35. The van der Waals surface area contributed by atoms with E-state index in [4.69, 9.17) is 0 Å². The molecule has 1 aliphatic heterocycles. The molecule has 0 radical (unpaired) electrons. The lowest BCUT2D eigenvalue weighted by molar-refractivity contribution is 0.537. The highest BCUT2D eigenvalue weighted by Gasteiger charge is 2.25. The second-order valence-electron chi connectivity index (χ2n) is 6.12. The molecule has 0 aromatic heterocycles. The molecule has 1 heterocycles. The SMILES string of the molecule is CNCCc1cccc2c1N(CC1CCCC1)CC2. The van der Waals surface area contributed by atoms with Gasteiger partial charge in [-0.25, -0.2) is 0 Å². The number of hydrogen-bond acceptors (Lipinski definition) is 2. The number of anilines is 1. The zero-order valence-electron chi connectivity index (χ0n) is 12.1. The smallest absolute Gasteiger partial charge is 0.0432 e. The third kappa shape index (κ3) is 2.79. The molecular formula is C17H26N2. The molecule has 0 atom stereocenters. The van der Waals surface area contributed by atoms with Crippen molar-refractivity contribution in [2.45, 2.75) is 38.5 Å². The normalized spacial score (nSPS) is 19.1. The fraction of sp³-hybridized carbons (Fsp3) is 0.647. The van der Waals surface area contributed by atoms with Crippen molar-refractivity contribution in [2.24, 2.45) is 5.92 Å². The van der Waals surface area contributed by atoms with E-state index in [2.05, 4.69) is 28.4 Å². The van der Waals surface area contributed by atoms with E-state index in [1.165, 1.54) is 45.2 Å². The van der Waals surface area contributed by atoms with Gasteiger partial charge in [-0.05, 0) is 56.3 Å². The van der Waals surface area contributed by atoms with Gasteiger partial charge in [0.15, 0.2) is 0 Å². The number of hydrogen-bond donors (Lipinski definition) is 1. The molecule has 2 nitrogen and oxygen atoms in total. The van der Waals surface area contributed by atoms with Crippen LogP contribution in [-0.2, 0) is 12.8 Å². The molecule has 0 spiro atoms. The van der Waals surface area contributed by atoms with Gasteiger partial charge < -0.3 is 10.2 Å². The van der Waals surface area contributed by atoms with Crippen LogP contribution in [0.4, 0.5) is 5.69 Å². The van der Waals surface area contributed by atoms with Crippen molar-refractivity contribution in [3.05, 3.63) is 29.3 Å². The van der Waals surface area contributed by atoms with Crippen LogP contribution in [0.1, 0.15) is 36.8 Å². The molecule has 1 aromatic carbocycles. The fourth-order valence-corrected chi connectivity index (χ4v) is 3.77. The van der Waals surface area contributed by atoms with Crippen molar-refractivity contribution in [1.82, 2.24) is 5.32 Å². The number of nitrogens with one attached hydrogen (secondary N) is 1. The first-order valence-electron chi connectivity index (χ1n) is 7.89. The Morgan fingerprint density at radius 1 is 1.26 bits per heavy atom. The summed E-state index contributed by atoms with van der Waals surface area (Å²) in [6, 6.07) is 6.89. The number of benzene rings is 1. The quantitative estimate of drug-likeness (QED) is 0.873. The summed E-state index contributed by atoms with van der Waals surface area (Å²) in [7, 11) is 2.04. The maximum atomic E-state index is 3.28. The van der Waals surface area contributed by atoms with Crippen LogP contribution in [0.5, 0.6) is 0 Å². The molecule has 1 aromatic rings. The number of para-hydroxylation sites is 1. The molecule has 1 fully saturated rings. The van der Waals surface area contributed by atoms with Gasteiger partial charge in [0.25, 0.3) is 0 Å². The lowest BCUT2D eigenvalue weighted by atomic mass is 10.0. The van der Waals surface area contributed by atoms with Crippen LogP contribution >= 0.6 is 0 Å². The van der Waals surface area contributed by atoms with Gasteiger partial charge in [-0.15, -0.1) is 0 Å². The van der Waals surface area contributed by atoms with Crippen LogP contribution in [0.2, 0.25) is 0 Å². The van der Waals surface area contributed by atoms with Gasteiger partial charge in [0, 0.05) is 18.8 Å². The minimum atomic E-state index is 0.948. The largest absolute Gasteiger partial charge is 0.370 e. The van der Waals surface area contributed by atoms with Gasteiger partial charge in [0.05, 0.1) is 0 Å². The van der Waals surface area contributed by atoms with Crippen molar-refractivity contribution in [1.29, 1.82) is 0 Å². The number of nitrogens with zero attached hydrogens (tertiary/aromatic N) is 1. The fourth-order valence-electron chi connectivity index (χ4n) is 3.77. The van der Waals surface area contributed by atoms with E-state index >= 15 is 0 Å². The summed E-state index contributed by atoms with van der Waals surface area (Å²) >= 11 is 0. The van der Waals surface area contributed by atoms with Gasteiger partial charge >= 0.3 is 0 Å². The highest BCUT2D eigenvalue weighted by atomic mass is 15.2. The van der Waals surface area contributed by atoms with E-state index in [9.17, 15) is 0 Å². The van der Waals surface area contributed by atoms with Gasteiger partial charge in [-0.1, -0.05) is 31.0 Å². The summed E-state index contributed by atoms with van der Waals surface area (Å²) < 4.78 is 0. The molecule has 2 aliphatic rings. The molecule has 3 rings (SSSR count). The van der Waals surface area contributed by atoms with Crippen molar-refractivity contribution in [3.63, 3.8) is 0 Å². The molecular weight excluding hydrogens is 232 g/mol. The Hall–Kier alpha value is -1.02. The Bertz CT molecular complexity index is 421. The third-order valence-electron chi connectivity index (χ3n) is 4.77. The zero-order chi connectivity index (χ0) is 13.1. The van der Waals surface area contributed by atoms with Crippen LogP contribution in [0.25, 0.3) is 0 Å². The lowest BCUT2D eigenvalue weighted by Gasteiger charge is -2.25.